The number of hydrogen-bond acceptors (Lipinski definition) is 6. The van der Waals surface area contributed by atoms with E-state index in [9.17, 15) is 14.4 Å². The first-order chi connectivity index (χ1) is 13.8. The summed E-state index contributed by atoms with van der Waals surface area (Å²) in [6.45, 7) is 1.69. The molecule has 0 aliphatic rings. The topological polar surface area (TPSA) is 106 Å². The zero-order valence-corrected chi connectivity index (χ0v) is 18.0. The molecule has 0 radical (unpaired) electrons. The lowest BCUT2D eigenvalue weighted by molar-refractivity contribution is -0.123. The van der Waals surface area contributed by atoms with Crippen LogP contribution in [0.1, 0.15) is 26.3 Å². The van der Waals surface area contributed by atoms with Gasteiger partial charge < -0.3 is 9.47 Å². The average Bonchev–Trinajstić information content (AvgIpc) is 2.71. The second-order valence-electron chi connectivity index (χ2n) is 5.75. The summed E-state index contributed by atoms with van der Waals surface area (Å²) in [5.74, 6) is -0.974. The van der Waals surface area contributed by atoms with E-state index in [1.54, 1.807) is 6.07 Å². The number of halogens is 1. The molecular formula is C19H18BrN3O5S. The Morgan fingerprint density at radius 1 is 1.03 bits per heavy atom. The highest BCUT2D eigenvalue weighted by molar-refractivity contribution is 9.10. The first kappa shape index (κ1) is 22.3. The van der Waals surface area contributed by atoms with E-state index in [0.717, 1.165) is 10.0 Å². The maximum atomic E-state index is 12.1. The number of amides is 2. The summed E-state index contributed by atoms with van der Waals surface area (Å²) in [5.41, 5.74) is 6.39. The van der Waals surface area contributed by atoms with Gasteiger partial charge in [-0.25, -0.2) is 4.79 Å². The van der Waals surface area contributed by atoms with E-state index in [2.05, 4.69) is 36.8 Å². The minimum Gasteiger partial charge on any atom is -0.483 e. The Morgan fingerprint density at radius 2 is 1.69 bits per heavy atom. The molecule has 0 heterocycles. The van der Waals surface area contributed by atoms with Crippen molar-refractivity contribution >= 4 is 51.0 Å². The SMILES string of the molecule is COC(=O)c1ccc(C(=O)NC(=S)NNC(=O)COc2ccc(C)cc2Br)cc1. The first-order valence-corrected chi connectivity index (χ1v) is 9.47. The summed E-state index contributed by atoms with van der Waals surface area (Å²) >= 11 is 8.33. The lowest BCUT2D eigenvalue weighted by atomic mass is 10.1. The monoisotopic (exact) mass is 479 g/mol. The van der Waals surface area contributed by atoms with Crippen LogP contribution in [0, 0.1) is 6.92 Å². The van der Waals surface area contributed by atoms with Crippen molar-refractivity contribution in [3.63, 3.8) is 0 Å². The summed E-state index contributed by atoms with van der Waals surface area (Å²) in [6, 6.07) is 11.3. The van der Waals surface area contributed by atoms with Crippen molar-refractivity contribution in [2.24, 2.45) is 0 Å². The van der Waals surface area contributed by atoms with Crippen molar-refractivity contribution in [3.05, 3.63) is 63.6 Å². The predicted molar refractivity (Wildman–Crippen MR) is 113 cm³/mol. The zero-order valence-electron chi connectivity index (χ0n) is 15.6. The standard InChI is InChI=1S/C19H18BrN3O5S/c1-11-3-8-15(14(20)9-11)28-10-16(24)22-23-19(29)21-17(25)12-4-6-13(7-5-12)18(26)27-2/h3-9H,10H2,1-2H3,(H,22,24)(H2,21,23,25,29). The summed E-state index contributed by atoms with van der Waals surface area (Å²) in [6.07, 6.45) is 0. The third kappa shape index (κ3) is 6.84. The van der Waals surface area contributed by atoms with Crippen LogP contribution in [0.2, 0.25) is 0 Å². The fourth-order valence-electron chi connectivity index (χ4n) is 2.11. The maximum Gasteiger partial charge on any atom is 0.337 e. The number of thiocarbonyl (C=S) groups is 1. The van der Waals surface area contributed by atoms with Crippen LogP contribution in [-0.2, 0) is 9.53 Å². The lowest BCUT2D eigenvalue weighted by Gasteiger charge is -2.12. The van der Waals surface area contributed by atoms with Crippen LogP contribution in [0.25, 0.3) is 0 Å². The molecule has 2 aromatic rings. The molecule has 8 nitrogen and oxygen atoms in total. The predicted octanol–water partition coefficient (Wildman–Crippen LogP) is 2.26. The molecular weight excluding hydrogens is 462 g/mol. The molecule has 0 bridgehead atoms. The molecule has 0 unspecified atom stereocenters. The summed E-state index contributed by atoms with van der Waals surface area (Å²) < 4.78 is 10.7. The quantitative estimate of drug-likeness (QED) is 0.343. The van der Waals surface area contributed by atoms with Gasteiger partial charge in [-0.3, -0.25) is 25.8 Å². The fourth-order valence-corrected chi connectivity index (χ4v) is 2.86. The number of benzene rings is 2. The van der Waals surface area contributed by atoms with Crippen molar-refractivity contribution in [1.82, 2.24) is 16.2 Å². The van der Waals surface area contributed by atoms with Gasteiger partial charge in [-0.2, -0.15) is 0 Å². The van der Waals surface area contributed by atoms with E-state index < -0.39 is 17.8 Å². The van der Waals surface area contributed by atoms with Crippen LogP contribution in [0.5, 0.6) is 5.75 Å². The molecule has 0 saturated heterocycles. The Hall–Kier alpha value is -2.98. The van der Waals surface area contributed by atoms with Gasteiger partial charge in [-0.05, 0) is 77.0 Å². The fraction of sp³-hybridized carbons (Fsp3) is 0.158. The number of nitrogens with one attached hydrogen (secondary N) is 3. The van der Waals surface area contributed by atoms with E-state index in [1.807, 2.05) is 19.1 Å². The van der Waals surface area contributed by atoms with Gasteiger partial charge >= 0.3 is 5.97 Å². The summed E-state index contributed by atoms with van der Waals surface area (Å²) in [7, 11) is 1.27. The Balaban J connectivity index is 1.77. The molecule has 0 fully saturated rings. The second kappa shape index (κ2) is 10.5. The molecule has 2 aromatic carbocycles. The van der Waals surface area contributed by atoms with Gasteiger partial charge in [0.05, 0.1) is 17.1 Å². The molecule has 0 spiro atoms. The van der Waals surface area contributed by atoms with Crippen LogP contribution in [-0.4, -0.2) is 36.6 Å². The third-order valence-corrected chi connectivity index (χ3v) is 4.38. The van der Waals surface area contributed by atoms with Crippen molar-refractivity contribution in [1.29, 1.82) is 0 Å². The van der Waals surface area contributed by atoms with Crippen molar-refractivity contribution in [2.45, 2.75) is 6.92 Å². The highest BCUT2D eigenvalue weighted by atomic mass is 79.9. The maximum absolute atomic E-state index is 12.1. The highest BCUT2D eigenvalue weighted by Crippen LogP contribution is 2.25. The zero-order chi connectivity index (χ0) is 21.4. The van der Waals surface area contributed by atoms with Crippen LogP contribution in [0.3, 0.4) is 0 Å². The van der Waals surface area contributed by atoms with Gasteiger partial charge in [-0.15, -0.1) is 0 Å². The Bertz CT molecular complexity index is 934. The first-order valence-electron chi connectivity index (χ1n) is 8.27. The number of esters is 1. The molecule has 29 heavy (non-hydrogen) atoms. The van der Waals surface area contributed by atoms with E-state index in [1.165, 1.54) is 31.4 Å². The average molecular weight is 480 g/mol. The number of carbonyl (C=O) groups excluding carboxylic acids is 3. The molecule has 0 saturated carbocycles. The minimum atomic E-state index is -0.506. The minimum absolute atomic E-state index is 0.100. The number of hydrogen-bond donors (Lipinski definition) is 3. The Labute approximate surface area is 181 Å². The molecule has 152 valence electrons. The van der Waals surface area contributed by atoms with Gasteiger partial charge in [0.25, 0.3) is 11.8 Å². The molecule has 0 aliphatic carbocycles. The van der Waals surface area contributed by atoms with Gasteiger partial charge in [0, 0.05) is 5.56 Å². The summed E-state index contributed by atoms with van der Waals surface area (Å²) in [4.78, 5) is 35.4. The number of rotatable bonds is 5. The molecule has 0 aliphatic heterocycles. The number of carbonyl (C=O) groups is 3. The van der Waals surface area contributed by atoms with Gasteiger partial charge in [-0.1, -0.05) is 6.07 Å². The molecule has 2 rings (SSSR count). The van der Waals surface area contributed by atoms with Crippen molar-refractivity contribution in [2.75, 3.05) is 13.7 Å². The molecule has 3 N–H and O–H groups in total. The summed E-state index contributed by atoms with van der Waals surface area (Å²) in [5, 5.41) is 2.31. The second-order valence-corrected chi connectivity index (χ2v) is 7.01. The molecule has 0 atom stereocenters. The van der Waals surface area contributed by atoms with Crippen molar-refractivity contribution in [3.8, 4) is 5.75 Å². The van der Waals surface area contributed by atoms with Gasteiger partial charge in [0.1, 0.15) is 5.75 Å². The number of aryl methyl sites for hydroxylation is 1. The van der Waals surface area contributed by atoms with Crippen LogP contribution < -0.4 is 20.9 Å². The highest BCUT2D eigenvalue weighted by Gasteiger charge is 2.11. The van der Waals surface area contributed by atoms with E-state index in [0.29, 0.717) is 11.3 Å². The Morgan fingerprint density at radius 3 is 2.31 bits per heavy atom. The smallest absolute Gasteiger partial charge is 0.337 e. The van der Waals surface area contributed by atoms with Crippen LogP contribution in [0.4, 0.5) is 0 Å². The van der Waals surface area contributed by atoms with E-state index >= 15 is 0 Å². The largest absolute Gasteiger partial charge is 0.483 e. The molecule has 2 amide bonds. The van der Waals surface area contributed by atoms with E-state index in [-0.39, 0.29) is 17.3 Å². The molecule has 0 aromatic heterocycles. The van der Waals surface area contributed by atoms with E-state index in [4.69, 9.17) is 17.0 Å². The van der Waals surface area contributed by atoms with Crippen LogP contribution in [0.15, 0.2) is 46.9 Å². The Kier molecular flexibility index (Phi) is 8.10. The van der Waals surface area contributed by atoms with Gasteiger partial charge in [0.15, 0.2) is 11.7 Å². The number of ether oxygens (including phenoxy) is 2. The normalized spacial score (nSPS) is 9.90. The molecule has 10 heteroatoms. The van der Waals surface area contributed by atoms with Gasteiger partial charge in [0.2, 0.25) is 0 Å². The number of hydrazine groups is 1. The van der Waals surface area contributed by atoms with Crippen molar-refractivity contribution < 1.29 is 23.9 Å². The number of methoxy groups -OCH3 is 1. The lowest BCUT2D eigenvalue weighted by Crippen LogP contribution is -2.49. The van der Waals surface area contributed by atoms with Crippen LogP contribution >= 0.6 is 28.1 Å². The third-order valence-electron chi connectivity index (χ3n) is 3.56.